The molecule has 0 aromatic rings. The van der Waals surface area contributed by atoms with Crippen LogP contribution in [0.2, 0.25) is 0 Å². The van der Waals surface area contributed by atoms with Crippen LogP contribution in [0.3, 0.4) is 0 Å². The van der Waals surface area contributed by atoms with Gasteiger partial charge >= 0.3 is 0 Å². The van der Waals surface area contributed by atoms with Gasteiger partial charge < -0.3 is 5.11 Å². The summed E-state index contributed by atoms with van der Waals surface area (Å²) in [6, 6.07) is 0. The minimum atomic E-state index is -1.02. The summed E-state index contributed by atoms with van der Waals surface area (Å²) in [6.07, 6.45) is -1.36. The van der Waals surface area contributed by atoms with E-state index in [4.69, 9.17) is 0 Å². The lowest BCUT2D eigenvalue weighted by atomic mass is 9.99. The zero-order chi connectivity index (χ0) is 9.35. The monoisotopic (exact) mass is 175 g/mol. The van der Waals surface area contributed by atoms with Gasteiger partial charge in [0.05, 0.1) is 6.10 Å². The second-order valence-electron chi connectivity index (χ2n) is 4.49. The first-order valence-corrected chi connectivity index (χ1v) is 4.48. The Balaban J connectivity index is 2.51. The molecule has 0 bridgehead atoms. The van der Waals surface area contributed by atoms with Crippen LogP contribution in [0.25, 0.3) is 0 Å². The van der Waals surface area contributed by atoms with Gasteiger partial charge in [0.25, 0.3) is 0 Å². The fourth-order valence-corrected chi connectivity index (χ4v) is 1.51. The van der Waals surface area contributed by atoms with E-state index < -0.39 is 12.3 Å². The molecule has 0 unspecified atom stereocenters. The molecule has 1 aliphatic heterocycles. The number of hydrogen-bond donors (Lipinski definition) is 1. The Morgan fingerprint density at radius 3 is 2.42 bits per heavy atom. The average Bonchev–Trinajstić information content (AvgIpc) is 1.92. The largest absolute Gasteiger partial charge is 0.389 e. The Bertz CT molecular complexity index is 155. The van der Waals surface area contributed by atoms with Gasteiger partial charge in [-0.25, -0.2) is 4.39 Å². The van der Waals surface area contributed by atoms with Crippen molar-refractivity contribution < 1.29 is 9.50 Å². The molecular formula is C9H18FNO. The molecule has 0 spiro atoms. The summed E-state index contributed by atoms with van der Waals surface area (Å²) in [5.41, 5.74) is 0.0428. The summed E-state index contributed by atoms with van der Waals surface area (Å²) in [5, 5.41) is 9.29. The van der Waals surface area contributed by atoms with E-state index in [1.165, 1.54) is 0 Å². The van der Waals surface area contributed by atoms with Crippen molar-refractivity contribution in [3.05, 3.63) is 0 Å². The second kappa shape index (κ2) is 3.30. The molecule has 72 valence electrons. The number of alkyl halides is 1. The van der Waals surface area contributed by atoms with E-state index in [-0.39, 0.29) is 5.54 Å². The van der Waals surface area contributed by atoms with Gasteiger partial charge in [-0.2, -0.15) is 0 Å². The summed E-state index contributed by atoms with van der Waals surface area (Å²) < 4.78 is 12.9. The molecule has 0 amide bonds. The first-order chi connectivity index (χ1) is 5.41. The quantitative estimate of drug-likeness (QED) is 0.598. The molecule has 0 aromatic heterocycles. The topological polar surface area (TPSA) is 23.5 Å². The maximum absolute atomic E-state index is 12.9. The van der Waals surface area contributed by atoms with Crippen molar-refractivity contribution >= 4 is 0 Å². The van der Waals surface area contributed by atoms with Gasteiger partial charge in [0.1, 0.15) is 6.17 Å². The van der Waals surface area contributed by atoms with Crippen LogP contribution < -0.4 is 0 Å². The van der Waals surface area contributed by atoms with E-state index in [1.807, 2.05) is 0 Å². The van der Waals surface area contributed by atoms with Crippen molar-refractivity contribution in [1.82, 2.24) is 4.90 Å². The third kappa shape index (κ3) is 2.17. The Morgan fingerprint density at radius 1 is 1.42 bits per heavy atom. The summed E-state index contributed by atoms with van der Waals surface area (Å²) in [7, 11) is 0. The van der Waals surface area contributed by atoms with Gasteiger partial charge in [-0.05, 0) is 27.2 Å². The minimum absolute atomic E-state index is 0.0428. The Labute approximate surface area is 73.4 Å². The third-order valence-electron chi connectivity index (χ3n) is 2.45. The highest BCUT2D eigenvalue weighted by Crippen LogP contribution is 2.21. The number of piperidine rings is 1. The van der Waals surface area contributed by atoms with Gasteiger partial charge in [0, 0.05) is 18.6 Å². The summed E-state index contributed by atoms with van der Waals surface area (Å²) in [4.78, 5) is 2.12. The SMILES string of the molecule is CC(C)(C)N1CC[C@@H](F)[C@H](O)C1. The summed E-state index contributed by atoms with van der Waals surface area (Å²) in [6.45, 7) is 7.46. The van der Waals surface area contributed by atoms with Crippen LogP contribution in [0.4, 0.5) is 4.39 Å². The second-order valence-corrected chi connectivity index (χ2v) is 4.49. The van der Waals surface area contributed by atoms with Crippen molar-refractivity contribution in [3.63, 3.8) is 0 Å². The summed E-state index contributed by atoms with van der Waals surface area (Å²) in [5.74, 6) is 0. The zero-order valence-corrected chi connectivity index (χ0v) is 8.05. The molecule has 0 aromatic carbocycles. The van der Waals surface area contributed by atoms with Gasteiger partial charge in [0.15, 0.2) is 0 Å². The molecule has 0 radical (unpaired) electrons. The molecule has 0 saturated carbocycles. The highest BCUT2D eigenvalue weighted by Gasteiger charge is 2.32. The van der Waals surface area contributed by atoms with E-state index in [2.05, 4.69) is 25.7 Å². The number of nitrogens with zero attached hydrogens (tertiary/aromatic N) is 1. The first kappa shape index (κ1) is 9.93. The molecule has 1 aliphatic rings. The van der Waals surface area contributed by atoms with Crippen molar-refractivity contribution in [2.45, 2.75) is 45.0 Å². The van der Waals surface area contributed by atoms with Crippen LogP contribution in [0.5, 0.6) is 0 Å². The van der Waals surface area contributed by atoms with Gasteiger partial charge in [-0.1, -0.05) is 0 Å². The highest BCUT2D eigenvalue weighted by molar-refractivity contribution is 4.86. The van der Waals surface area contributed by atoms with E-state index in [1.54, 1.807) is 0 Å². The predicted molar refractivity (Wildman–Crippen MR) is 46.8 cm³/mol. The predicted octanol–water partition coefficient (Wildman–Crippen LogP) is 1.19. The number of β-amino-alcohol motifs (C(OH)–C–C–N with tert-alkyl or cyclic N) is 1. The maximum Gasteiger partial charge on any atom is 0.128 e. The van der Waals surface area contributed by atoms with Gasteiger partial charge in [-0.15, -0.1) is 0 Å². The fraction of sp³-hybridized carbons (Fsp3) is 1.00. The Morgan fingerprint density at radius 2 is 2.00 bits per heavy atom. The Kier molecular flexibility index (Phi) is 2.74. The lowest BCUT2D eigenvalue weighted by molar-refractivity contribution is -0.0274. The minimum Gasteiger partial charge on any atom is -0.389 e. The number of aliphatic hydroxyl groups is 1. The third-order valence-corrected chi connectivity index (χ3v) is 2.45. The van der Waals surface area contributed by atoms with E-state index in [9.17, 15) is 9.50 Å². The van der Waals surface area contributed by atoms with Gasteiger partial charge in [0.2, 0.25) is 0 Å². The fourth-order valence-electron chi connectivity index (χ4n) is 1.51. The van der Waals surface area contributed by atoms with Crippen molar-refractivity contribution in [1.29, 1.82) is 0 Å². The molecule has 0 aliphatic carbocycles. The van der Waals surface area contributed by atoms with Crippen molar-refractivity contribution in [2.75, 3.05) is 13.1 Å². The van der Waals surface area contributed by atoms with Crippen LogP contribution in [-0.2, 0) is 0 Å². The molecule has 2 atom stereocenters. The molecule has 1 rings (SSSR count). The van der Waals surface area contributed by atoms with Crippen molar-refractivity contribution in [2.24, 2.45) is 0 Å². The molecule has 3 heteroatoms. The standard InChI is InChI=1S/C9H18FNO/c1-9(2,3)11-5-4-7(10)8(12)6-11/h7-8,12H,4-6H2,1-3H3/t7-,8-/m1/s1. The Hall–Kier alpha value is -0.150. The van der Waals surface area contributed by atoms with Crippen LogP contribution in [0, 0.1) is 0 Å². The molecule has 2 nitrogen and oxygen atoms in total. The number of halogens is 1. The molecule has 12 heavy (non-hydrogen) atoms. The van der Waals surface area contributed by atoms with Crippen LogP contribution >= 0.6 is 0 Å². The van der Waals surface area contributed by atoms with E-state index in [0.29, 0.717) is 13.0 Å². The zero-order valence-electron chi connectivity index (χ0n) is 8.05. The molecule has 1 saturated heterocycles. The molecular weight excluding hydrogens is 157 g/mol. The first-order valence-electron chi connectivity index (χ1n) is 4.48. The number of rotatable bonds is 0. The lowest BCUT2D eigenvalue weighted by Crippen LogP contribution is -2.52. The molecule has 1 heterocycles. The van der Waals surface area contributed by atoms with Gasteiger partial charge in [-0.3, -0.25) is 4.90 Å². The maximum atomic E-state index is 12.9. The molecule has 1 N–H and O–H groups in total. The molecule has 1 fully saturated rings. The number of aliphatic hydroxyl groups excluding tert-OH is 1. The van der Waals surface area contributed by atoms with Crippen molar-refractivity contribution in [3.8, 4) is 0 Å². The van der Waals surface area contributed by atoms with E-state index >= 15 is 0 Å². The number of hydrogen-bond acceptors (Lipinski definition) is 2. The average molecular weight is 175 g/mol. The smallest absolute Gasteiger partial charge is 0.128 e. The van der Waals surface area contributed by atoms with E-state index in [0.717, 1.165) is 6.54 Å². The normalized spacial score (nSPS) is 33.8. The number of likely N-dealkylation sites (tertiary alicyclic amines) is 1. The van der Waals surface area contributed by atoms with Crippen LogP contribution in [0.15, 0.2) is 0 Å². The summed E-state index contributed by atoms with van der Waals surface area (Å²) >= 11 is 0. The van der Waals surface area contributed by atoms with Crippen LogP contribution in [-0.4, -0.2) is 40.9 Å². The lowest BCUT2D eigenvalue weighted by Gasteiger charge is -2.41. The van der Waals surface area contributed by atoms with Crippen LogP contribution in [0.1, 0.15) is 27.2 Å². The highest BCUT2D eigenvalue weighted by atomic mass is 19.1.